The molecule has 2 aromatic rings. The first-order valence-corrected chi connectivity index (χ1v) is 10.4. The highest BCUT2D eigenvalue weighted by molar-refractivity contribution is 6.01. The number of carbonyl (C=O) groups excluding carboxylic acids is 2. The Kier molecular flexibility index (Phi) is 6.11. The van der Waals surface area contributed by atoms with Crippen LogP contribution in [0.25, 0.3) is 0 Å². The molecule has 0 spiro atoms. The van der Waals surface area contributed by atoms with Crippen LogP contribution < -0.4 is 14.8 Å². The van der Waals surface area contributed by atoms with Gasteiger partial charge in [-0.05, 0) is 29.8 Å². The second kappa shape index (κ2) is 9.13. The quantitative estimate of drug-likeness (QED) is 0.646. The van der Waals surface area contributed by atoms with Crippen molar-refractivity contribution in [2.45, 2.75) is 12.5 Å². The largest absolute Gasteiger partial charge is 0.497 e. The van der Waals surface area contributed by atoms with E-state index in [-0.39, 0.29) is 11.9 Å². The van der Waals surface area contributed by atoms with Crippen LogP contribution in [0.15, 0.2) is 66.5 Å². The number of benzene rings is 1. The Morgan fingerprint density at radius 2 is 1.94 bits per heavy atom. The predicted molar refractivity (Wildman–Crippen MR) is 119 cm³/mol. The van der Waals surface area contributed by atoms with E-state index in [9.17, 15) is 9.59 Å². The van der Waals surface area contributed by atoms with E-state index in [2.05, 4.69) is 16.9 Å². The monoisotopic (exact) mass is 434 g/mol. The van der Waals surface area contributed by atoms with Gasteiger partial charge in [0.2, 0.25) is 0 Å². The molecule has 1 atom stereocenters. The third-order valence-corrected chi connectivity index (χ3v) is 5.68. The number of amides is 3. The van der Waals surface area contributed by atoms with E-state index in [0.29, 0.717) is 48.8 Å². The van der Waals surface area contributed by atoms with Crippen molar-refractivity contribution in [2.24, 2.45) is 0 Å². The van der Waals surface area contributed by atoms with Crippen molar-refractivity contribution in [1.82, 2.24) is 20.1 Å². The van der Waals surface area contributed by atoms with Crippen LogP contribution in [0.5, 0.6) is 11.5 Å². The van der Waals surface area contributed by atoms with Crippen LogP contribution >= 0.6 is 0 Å². The lowest BCUT2D eigenvalue weighted by atomic mass is 9.95. The molecule has 2 aliphatic rings. The molecule has 0 aliphatic carbocycles. The minimum absolute atomic E-state index is 0.100. The van der Waals surface area contributed by atoms with Gasteiger partial charge in [-0.1, -0.05) is 12.1 Å². The summed E-state index contributed by atoms with van der Waals surface area (Å²) >= 11 is 0. The molecule has 0 radical (unpaired) electrons. The van der Waals surface area contributed by atoms with Crippen LogP contribution in [0.1, 0.15) is 17.3 Å². The number of carbonyl (C=O) groups is 2. The van der Waals surface area contributed by atoms with Crippen molar-refractivity contribution in [3.8, 4) is 11.5 Å². The molecular formula is C24H26N4O4. The van der Waals surface area contributed by atoms with Gasteiger partial charge in [0, 0.05) is 37.5 Å². The standard InChI is InChI=1S/C24H26N4O4/c1-4-10-28-20-15-27(11-8-17-7-5-6-9-25-17)23(29)21(20)22(26-24(28)30)16-12-18(31-2)14-19(13-16)32-3/h4-7,9,12-14,22H,1,8,10-11,15H2,2-3H3,(H,26,30). The van der Waals surface area contributed by atoms with Crippen LogP contribution in [0.3, 0.4) is 0 Å². The molecule has 0 fully saturated rings. The van der Waals surface area contributed by atoms with E-state index in [1.54, 1.807) is 42.4 Å². The molecule has 1 N–H and O–H groups in total. The first-order chi connectivity index (χ1) is 15.5. The summed E-state index contributed by atoms with van der Waals surface area (Å²) in [6, 6.07) is 10.2. The van der Waals surface area contributed by atoms with E-state index in [1.165, 1.54) is 0 Å². The van der Waals surface area contributed by atoms with Crippen LogP contribution in [0, 0.1) is 0 Å². The average molecular weight is 434 g/mol. The zero-order valence-electron chi connectivity index (χ0n) is 18.2. The van der Waals surface area contributed by atoms with Gasteiger partial charge in [0.1, 0.15) is 11.5 Å². The number of pyridine rings is 1. The summed E-state index contributed by atoms with van der Waals surface area (Å²) < 4.78 is 10.8. The maximum Gasteiger partial charge on any atom is 0.322 e. The SMILES string of the molecule is C=CCN1C(=O)NC(c2cc(OC)cc(OC)c2)C2=C1CN(CCc1ccccn1)C2=O. The fourth-order valence-corrected chi connectivity index (χ4v) is 4.09. The Morgan fingerprint density at radius 3 is 2.56 bits per heavy atom. The van der Waals surface area contributed by atoms with E-state index in [4.69, 9.17) is 9.47 Å². The molecule has 3 amide bonds. The Bertz CT molecular complexity index is 1040. The zero-order chi connectivity index (χ0) is 22.7. The summed E-state index contributed by atoms with van der Waals surface area (Å²) in [5.74, 6) is 1.07. The summed E-state index contributed by atoms with van der Waals surface area (Å²) in [5.41, 5.74) is 2.89. The molecule has 0 saturated heterocycles. The summed E-state index contributed by atoms with van der Waals surface area (Å²) in [7, 11) is 3.13. The molecule has 4 rings (SSSR count). The third kappa shape index (κ3) is 4.03. The number of nitrogens with zero attached hydrogens (tertiary/aromatic N) is 3. The summed E-state index contributed by atoms with van der Waals surface area (Å²) in [4.78, 5) is 34.1. The highest BCUT2D eigenvalue weighted by atomic mass is 16.5. The van der Waals surface area contributed by atoms with Crippen molar-refractivity contribution in [2.75, 3.05) is 33.9 Å². The molecule has 8 nitrogen and oxygen atoms in total. The Hall–Kier alpha value is -3.81. The number of hydrogen-bond donors (Lipinski definition) is 1. The van der Waals surface area contributed by atoms with Gasteiger partial charge < -0.3 is 19.7 Å². The first-order valence-electron chi connectivity index (χ1n) is 10.4. The highest BCUT2D eigenvalue weighted by Crippen LogP contribution is 2.38. The molecule has 1 aromatic heterocycles. The van der Waals surface area contributed by atoms with E-state index in [0.717, 1.165) is 11.3 Å². The maximum atomic E-state index is 13.5. The van der Waals surface area contributed by atoms with Gasteiger partial charge in [0.05, 0.1) is 38.1 Å². The Balaban J connectivity index is 1.68. The first kappa shape index (κ1) is 21.4. The molecule has 1 aromatic carbocycles. The molecule has 166 valence electrons. The fraction of sp³-hybridized carbons (Fsp3) is 0.292. The minimum Gasteiger partial charge on any atom is -0.497 e. The topological polar surface area (TPSA) is 84.0 Å². The van der Waals surface area contributed by atoms with Gasteiger partial charge in [-0.2, -0.15) is 0 Å². The molecule has 1 unspecified atom stereocenters. The van der Waals surface area contributed by atoms with Crippen LogP contribution in [0.2, 0.25) is 0 Å². The lowest BCUT2D eigenvalue weighted by Crippen LogP contribution is -2.47. The van der Waals surface area contributed by atoms with Gasteiger partial charge in [-0.15, -0.1) is 6.58 Å². The number of methoxy groups -OCH3 is 2. The second-order valence-electron chi connectivity index (χ2n) is 7.59. The van der Waals surface area contributed by atoms with Gasteiger partial charge >= 0.3 is 6.03 Å². The van der Waals surface area contributed by atoms with Crippen molar-refractivity contribution in [3.63, 3.8) is 0 Å². The molecule has 8 heteroatoms. The fourth-order valence-electron chi connectivity index (χ4n) is 4.09. The van der Waals surface area contributed by atoms with Crippen molar-refractivity contribution < 1.29 is 19.1 Å². The lowest BCUT2D eigenvalue weighted by Gasteiger charge is -2.33. The van der Waals surface area contributed by atoms with E-state index in [1.807, 2.05) is 30.3 Å². The van der Waals surface area contributed by atoms with Crippen LogP contribution in [-0.4, -0.2) is 60.6 Å². The smallest absolute Gasteiger partial charge is 0.322 e. The van der Waals surface area contributed by atoms with Crippen LogP contribution in [-0.2, 0) is 11.2 Å². The average Bonchev–Trinajstić information content (AvgIpc) is 3.15. The number of aromatic nitrogens is 1. The summed E-state index contributed by atoms with van der Waals surface area (Å²) in [6.45, 7) is 4.94. The Morgan fingerprint density at radius 1 is 1.19 bits per heavy atom. The molecule has 0 saturated carbocycles. The lowest BCUT2D eigenvalue weighted by molar-refractivity contribution is -0.125. The third-order valence-electron chi connectivity index (χ3n) is 5.68. The summed E-state index contributed by atoms with van der Waals surface area (Å²) in [6.07, 6.45) is 4.03. The highest BCUT2D eigenvalue weighted by Gasteiger charge is 2.43. The molecule has 0 bridgehead atoms. The van der Waals surface area contributed by atoms with Crippen LogP contribution in [0.4, 0.5) is 4.79 Å². The van der Waals surface area contributed by atoms with Gasteiger partial charge in [-0.25, -0.2) is 4.79 Å². The normalized spacial score (nSPS) is 17.9. The Labute approximate surface area is 187 Å². The van der Waals surface area contributed by atoms with Crippen molar-refractivity contribution >= 4 is 11.9 Å². The minimum atomic E-state index is -0.602. The zero-order valence-corrected chi connectivity index (χ0v) is 18.2. The molecule has 32 heavy (non-hydrogen) atoms. The molecule has 3 heterocycles. The van der Waals surface area contributed by atoms with Gasteiger partial charge in [-0.3, -0.25) is 14.7 Å². The maximum absolute atomic E-state index is 13.5. The number of nitrogens with one attached hydrogen (secondary N) is 1. The molecule has 2 aliphatic heterocycles. The van der Waals surface area contributed by atoms with Crippen molar-refractivity contribution in [3.05, 3.63) is 77.8 Å². The number of hydrogen-bond acceptors (Lipinski definition) is 5. The van der Waals surface area contributed by atoms with Crippen molar-refractivity contribution in [1.29, 1.82) is 0 Å². The second-order valence-corrected chi connectivity index (χ2v) is 7.59. The predicted octanol–water partition coefficient (Wildman–Crippen LogP) is 2.69. The molecular weight excluding hydrogens is 408 g/mol. The number of rotatable bonds is 8. The van der Waals surface area contributed by atoms with E-state index >= 15 is 0 Å². The number of urea groups is 1. The number of ether oxygens (including phenoxy) is 2. The summed E-state index contributed by atoms with van der Waals surface area (Å²) in [5, 5.41) is 2.98. The van der Waals surface area contributed by atoms with Gasteiger partial charge in [0.15, 0.2) is 0 Å². The van der Waals surface area contributed by atoms with E-state index < -0.39 is 6.04 Å². The van der Waals surface area contributed by atoms with Gasteiger partial charge in [0.25, 0.3) is 5.91 Å².